The fourth-order valence-corrected chi connectivity index (χ4v) is 2.61. The van der Waals surface area contributed by atoms with Crippen LogP contribution in [-0.4, -0.2) is 15.9 Å². The lowest BCUT2D eigenvalue weighted by molar-refractivity contribution is 0.0950. The molecule has 2 aromatic carbocycles. The highest BCUT2D eigenvalue weighted by atomic mass is 35.5. The Morgan fingerprint density at radius 1 is 1.04 bits per heavy atom. The van der Waals surface area contributed by atoms with Crippen LogP contribution in [-0.2, 0) is 6.54 Å². The van der Waals surface area contributed by atoms with Gasteiger partial charge in [-0.05, 0) is 36.2 Å². The monoisotopic (exact) mass is 386 g/mol. The molecule has 1 heterocycles. The predicted octanol–water partition coefficient (Wildman–Crippen LogP) is 4.77. The van der Waals surface area contributed by atoms with E-state index in [-0.39, 0.29) is 5.91 Å². The Balaban J connectivity index is 1.62. The van der Waals surface area contributed by atoms with Crippen LogP contribution in [0.25, 0.3) is 0 Å². The molecule has 3 aromatic rings. The molecule has 0 aliphatic carbocycles. The van der Waals surface area contributed by atoms with Crippen LogP contribution in [0.4, 0.5) is 11.6 Å². The van der Waals surface area contributed by atoms with Crippen molar-refractivity contribution in [2.45, 2.75) is 13.5 Å². The van der Waals surface area contributed by atoms with E-state index in [1.165, 1.54) is 12.4 Å². The SMILES string of the molecule is Cc1ccc(Nc2ncc(C(=O)NCc3ccccc3Cl)cn2)cc1Cl. The lowest BCUT2D eigenvalue weighted by atomic mass is 10.2. The Bertz CT molecular complexity index is 929. The largest absolute Gasteiger partial charge is 0.348 e. The highest BCUT2D eigenvalue weighted by Gasteiger charge is 2.08. The van der Waals surface area contributed by atoms with Gasteiger partial charge in [-0.1, -0.05) is 47.5 Å². The van der Waals surface area contributed by atoms with E-state index in [0.717, 1.165) is 16.8 Å². The average Bonchev–Trinajstić information content (AvgIpc) is 2.64. The number of benzene rings is 2. The summed E-state index contributed by atoms with van der Waals surface area (Å²) in [6, 6.07) is 12.9. The number of carbonyl (C=O) groups is 1. The van der Waals surface area contributed by atoms with Crippen molar-refractivity contribution in [2.24, 2.45) is 0 Å². The Morgan fingerprint density at radius 3 is 2.46 bits per heavy atom. The molecule has 0 saturated carbocycles. The second kappa shape index (κ2) is 8.17. The van der Waals surface area contributed by atoms with Crippen molar-refractivity contribution in [1.29, 1.82) is 0 Å². The number of rotatable bonds is 5. The summed E-state index contributed by atoms with van der Waals surface area (Å²) in [4.78, 5) is 20.5. The summed E-state index contributed by atoms with van der Waals surface area (Å²) in [6.07, 6.45) is 2.93. The van der Waals surface area contributed by atoms with Crippen LogP contribution < -0.4 is 10.6 Å². The van der Waals surface area contributed by atoms with Gasteiger partial charge in [0, 0.05) is 34.7 Å². The van der Waals surface area contributed by atoms with Crippen LogP contribution in [0.15, 0.2) is 54.9 Å². The summed E-state index contributed by atoms with van der Waals surface area (Å²) in [5.74, 6) is 0.113. The van der Waals surface area contributed by atoms with Crippen molar-refractivity contribution in [3.8, 4) is 0 Å². The summed E-state index contributed by atoms with van der Waals surface area (Å²) in [6.45, 7) is 2.26. The molecule has 0 aliphatic heterocycles. The number of aryl methyl sites for hydroxylation is 1. The van der Waals surface area contributed by atoms with Gasteiger partial charge in [-0.3, -0.25) is 4.79 Å². The van der Waals surface area contributed by atoms with Crippen LogP contribution in [0.5, 0.6) is 0 Å². The smallest absolute Gasteiger partial charge is 0.254 e. The highest BCUT2D eigenvalue weighted by molar-refractivity contribution is 6.31. The maximum Gasteiger partial charge on any atom is 0.254 e. The van der Waals surface area contributed by atoms with E-state index in [4.69, 9.17) is 23.2 Å². The first-order chi connectivity index (χ1) is 12.5. The first-order valence-corrected chi connectivity index (χ1v) is 8.65. The molecule has 2 N–H and O–H groups in total. The number of aromatic nitrogens is 2. The minimum atomic E-state index is -0.269. The lowest BCUT2D eigenvalue weighted by Gasteiger charge is -2.08. The summed E-state index contributed by atoms with van der Waals surface area (Å²) in [5.41, 5.74) is 2.97. The minimum absolute atomic E-state index is 0.269. The van der Waals surface area contributed by atoms with Crippen LogP contribution >= 0.6 is 23.2 Å². The van der Waals surface area contributed by atoms with Crippen LogP contribution in [0.1, 0.15) is 21.5 Å². The first kappa shape index (κ1) is 18.2. The van der Waals surface area contributed by atoms with E-state index in [0.29, 0.717) is 28.1 Å². The summed E-state index contributed by atoms with van der Waals surface area (Å²) in [5, 5.41) is 7.11. The van der Waals surface area contributed by atoms with E-state index in [1.54, 1.807) is 12.1 Å². The molecule has 132 valence electrons. The Kier molecular flexibility index (Phi) is 5.71. The molecule has 0 spiro atoms. The van der Waals surface area contributed by atoms with Crippen LogP contribution in [0.3, 0.4) is 0 Å². The van der Waals surface area contributed by atoms with Crippen molar-refractivity contribution >= 4 is 40.7 Å². The van der Waals surface area contributed by atoms with Crippen molar-refractivity contribution in [3.05, 3.63) is 81.6 Å². The maximum absolute atomic E-state index is 12.2. The zero-order valence-electron chi connectivity index (χ0n) is 14.0. The normalized spacial score (nSPS) is 10.4. The predicted molar refractivity (Wildman–Crippen MR) is 104 cm³/mol. The van der Waals surface area contributed by atoms with Crippen molar-refractivity contribution < 1.29 is 4.79 Å². The summed E-state index contributed by atoms with van der Waals surface area (Å²) in [7, 11) is 0. The molecule has 1 aromatic heterocycles. The average molecular weight is 387 g/mol. The quantitative estimate of drug-likeness (QED) is 0.662. The zero-order valence-corrected chi connectivity index (χ0v) is 15.5. The second-order valence-corrected chi connectivity index (χ2v) is 6.47. The van der Waals surface area contributed by atoms with Gasteiger partial charge in [0.1, 0.15) is 0 Å². The lowest BCUT2D eigenvalue weighted by Crippen LogP contribution is -2.23. The van der Waals surface area contributed by atoms with Crippen molar-refractivity contribution in [1.82, 2.24) is 15.3 Å². The molecule has 0 unspecified atom stereocenters. The molecule has 7 heteroatoms. The second-order valence-electron chi connectivity index (χ2n) is 5.66. The molecule has 0 radical (unpaired) electrons. The van der Waals surface area contributed by atoms with Gasteiger partial charge in [-0.2, -0.15) is 0 Å². The van der Waals surface area contributed by atoms with E-state index in [2.05, 4.69) is 20.6 Å². The zero-order chi connectivity index (χ0) is 18.5. The van der Waals surface area contributed by atoms with Gasteiger partial charge in [-0.25, -0.2) is 9.97 Å². The third kappa shape index (κ3) is 4.50. The van der Waals surface area contributed by atoms with E-state index < -0.39 is 0 Å². The maximum atomic E-state index is 12.2. The minimum Gasteiger partial charge on any atom is -0.348 e. The van der Waals surface area contributed by atoms with E-state index >= 15 is 0 Å². The van der Waals surface area contributed by atoms with E-state index in [9.17, 15) is 4.79 Å². The molecule has 1 amide bonds. The molecule has 0 bridgehead atoms. The molecule has 0 fully saturated rings. The third-order valence-corrected chi connectivity index (χ3v) is 4.52. The molecule has 3 rings (SSSR count). The number of halogens is 2. The van der Waals surface area contributed by atoms with Crippen molar-refractivity contribution in [2.75, 3.05) is 5.32 Å². The molecule has 0 aliphatic rings. The first-order valence-electron chi connectivity index (χ1n) is 7.90. The molecular formula is C19H16Cl2N4O. The van der Waals surface area contributed by atoms with Gasteiger partial charge in [-0.15, -0.1) is 0 Å². The van der Waals surface area contributed by atoms with Gasteiger partial charge in [0.2, 0.25) is 5.95 Å². The molecule has 0 atom stereocenters. The fourth-order valence-electron chi connectivity index (χ4n) is 2.23. The highest BCUT2D eigenvalue weighted by Crippen LogP contribution is 2.21. The number of anilines is 2. The molecule has 26 heavy (non-hydrogen) atoms. The van der Waals surface area contributed by atoms with Crippen LogP contribution in [0.2, 0.25) is 10.0 Å². The van der Waals surface area contributed by atoms with Gasteiger partial charge in [0.25, 0.3) is 5.91 Å². The van der Waals surface area contributed by atoms with Crippen molar-refractivity contribution in [3.63, 3.8) is 0 Å². The Morgan fingerprint density at radius 2 is 1.77 bits per heavy atom. The Labute approximate surface area is 161 Å². The summed E-state index contributed by atoms with van der Waals surface area (Å²) >= 11 is 12.2. The molecule has 0 saturated heterocycles. The topological polar surface area (TPSA) is 66.9 Å². The fraction of sp³-hybridized carbons (Fsp3) is 0.105. The Hall–Kier alpha value is -2.63. The van der Waals surface area contributed by atoms with E-state index in [1.807, 2.05) is 37.3 Å². The van der Waals surface area contributed by atoms with Gasteiger partial charge in [0.15, 0.2) is 0 Å². The van der Waals surface area contributed by atoms with Crippen LogP contribution in [0, 0.1) is 6.92 Å². The molecular weight excluding hydrogens is 371 g/mol. The summed E-state index contributed by atoms with van der Waals surface area (Å²) < 4.78 is 0. The van der Waals surface area contributed by atoms with Gasteiger partial charge >= 0.3 is 0 Å². The third-order valence-electron chi connectivity index (χ3n) is 3.74. The number of nitrogens with zero attached hydrogens (tertiary/aromatic N) is 2. The number of amides is 1. The standard InChI is InChI=1S/C19H16Cl2N4O/c1-12-6-7-15(8-17(12)21)25-19-23-10-14(11-24-19)18(26)22-9-13-4-2-3-5-16(13)20/h2-8,10-11H,9H2,1H3,(H,22,26)(H,23,24,25). The van der Waals surface area contributed by atoms with Gasteiger partial charge in [0.05, 0.1) is 5.56 Å². The van der Waals surface area contributed by atoms with Gasteiger partial charge < -0.3 is 10.6 Å². The number of hydrogen-bond acceptors (Lipinski definition) is 4. The number of carbonyl (C=O) groups excluding carboxylic acids is 1. The molecule has 5 nitrogen and oxygen atoms in total. The number of nitrogens with one attached hydrogen (secondary N) is 2. The number of hydrogen-bond donors (Lipinski definition) is 2.